The van der Waals surface area contributed by atoms with Gasteiger partial charge in [0.2, 0.25) is 0 Å². The molecule has 0 spiro atoms. The normalized spacial score (nSPS) is 22.4. The molecule has 1 heterocycles. The molecule has 1 fully saturated rings. The van der Waals surface area contributed by atoms with Crippen LogP contribution in [0.1, 0.15) is 25.3 Å². The van der Waals surface area contributed by atoms with E-state index in [2.05, 4.69) is 64.4 Å². The Kier molecular flexibility index (Phi) is 5.86. The lowest BCUT2D eigenvalue weighted by molar-refractivity contribution is 0.131. The van der Waals surface area contributed by atoms with Crippen molar-refractivity contribution in [2.24, 2.45) is 5.92 Å². The van der Waals surface area contributed by atoms with Crippen LogP contribution in [0.2, 0.25) is 0 Å². The lowest BCUT2D eigenvalue weighted by Gasteiger charge is -2.37. The molecule has 2 rings (SSSR count). The van der Waals surface area contributed by atoms with Crippen LogP contribution < -0.4 is 5.32 Å². The molecule has 3 heteroatoms. The van der Waals surface area contributed by atoms with Crippen molar-refractivity contribution in [2.75, 3.05) is 26.7 Å². The molecular formula is C16H25BrN2. The third-order valence-corrected chi connectivity index (χ3v) is 4.64. The summed E-state index contributed by atoms with van der Waals surface area (Å²) >= 11 is 3.50. The molecular weight excluding hydrogens is 300 g/mol. The molecule has 1 aromatic carbocycles. The Labute approximate surface area is 125 Å². The van der Waals surface area contributed by atoms with E-state index < -0.39 is 0 Å². The Morgan fingerprint density at radius 1 is 1.37 bits per heavy atom. The van der Waals surface area contributed by atoms with Crippen LogP contribution in [-0.4, -0.2) is 37.6 Å². The fourth-order valence-corrected chi connectivity index (χ4v) is 3.31. The molecule has 0 bridgehead atoms. The summed E-state index contributed by atoms with van der Waals surface area (Å²) < 4.78 is 1.16. The van der Waals surface area contributed by atoms with Crippen LogP contribution in [0, 0.1) is 5.92 Å². The number of likely N-dealkylation sites (tertiary alicyclic amines) is 1. The molecule has 1 aromatic rings. The van der Waals surface area contributed by atoms with Gasteiger partial charge in [0.25, 0.3) is 0 Å². The second-order valence-corrected chi connectivity index (χ2v) is 6.66. The second-order valence-electron chi connectivity index (χ2n) is 5.74. The highest BCUT2D eigenvalue weighted by molar-refractivity contribution is 9.10. The van der Waals surface area contributed by atoms with Gasteiger partial charge in [-0.3, -0.25) is 0 Å². The van der Waals surface area contributed by atoms with Gasteiger partial charge in [-0.2, -0.15) is 0 Å². The van der Waals surface area contributed by atoms with Crippen molar-refractivity contribution in [3.8, 4) is 0 Å². The quantitative estimate of drug-likeness (QED) is 0.893. The predicted octanol–water partition coefficient (Wildman–Crippen LogP) is 3.31. The molecule has 1 N–H and O–H groups in total. The van der Waals surface area contributed by atoms with Crippen LogP contribution in [0.15, 0.2) is 28.7 Å². The van der Waals surface area contributed by atoms with E-state index in [0.29, 0.717) is 6.04 Å². The fraction of sp³-hybridized carbons (Fsp3) is 0.625. The molecule has 19 heavy (non-hydrogen) atoms. The fourth-order valence-electron chi connectivity index (χ4n) is 3.04. The summed E-state index contributed by atoms with van der Waals surface area (Å²) in [6.07, 6.45) is 3.87. The monoisotopic (exact) mass is 324 g/mol. The smallest absolute Gasteiger partial charge is 0.0175 e. The van der Waals surface area contributed by atoms with E-state index in [9.17, 15) is 0 Å². The van der Waals surface area contributed by atoms with Crippen LogP contribution >= 0.6 is 15.9 Å². The van der Waals surface area contributed by atoms with E-state index in [0.717, 1.165) is 23.4 Å². The van der Waals surface area contributed by atoms with E-state index in [1.54, 1.807) is 0 Å². The predicted molar refractivity (Wildman–Crippen MR) is 85.5 cm³/mol. The van der Waals surface area contributed by atoms with Crippen molar-refractivity contribution in [2.45, 2.75) is 32.2 Å². The SMILES string of the molecule is CNCC1CCCN(C(C)Cc2ccc(Br)cc2)C1. The Morgan fingerprint density at radius 2 is 2.11 bits per heavy atom. The number of nitrogens with one attached hydrogen (secondary N) is 1. The molecule has 2 atom stereocenters. The van der Waals surface area contributed by atoms with Crippen molar-refractivity contribution < 1.29 is 0 Å². The standard InChI is InChI=1S/C16H25BrN2/c1-13(10-14-5-7-16(17)8-6-14)19-9-3-4-15(12-19)11-18-2/h5-8,13,15,18H,3-4,9-12H2,1-2H3. The third kappa shape index (κ3) is 4.59. The maximum atomic E-state index is 3.50. The molecule has 2 unspecified atom stereocenters. The Balaban J connectivity index is 1.88. The summed E-state index contributed by atoms with van der Waals surface area (Å²) in [6.45, 7) is 6.03. The van der Waals surface area contributed by atoms with Gasteiger partial charge in [0.15, 0.2) is 0 Å². The molecule has 0 radical (unpaired) electrons. The first kappa shape index (κ1) is 15.0. The first-order valence-corrected chi connectivity index (χ1v) is 8.11. The summed E-state index contributed by atoms with van der Waals surface area (Å²) in [5.74, 6) is 0.825. The number of halogens is 1. The molecule has 0 amide bonds. The Morgan fingerprint density at radius 3 is 2.79 bits per heavy atom. The Hall–Kier alpha value is -0.380. The minimum absolute atomic E-state index is 0.640. The van der Waals surface area contributed by atoms with E-state index in [4.69, 9.17) is 0 Å². The van der Waals surface area contributed by atoms with Crippen molar-refractivity contribution >= 4 is 15.9 Å². The van der Waals surface area contributed by atoms with Gasteiger partial charge in [-0.25, -0.2) is 0 Å². The van der Waals surface area contributed by atoms with Crippen LogP contribution in [0.3, 0.4) is 0 Å². The minimum Gasteiger partial charge on any atom is -0.319 e. The van der Waals surface area contributed by atoms with E-state index >= 15 is 0 Å². The van der Waals surface area contributed by atoms with Gasteiger partial charge in [-0.05, 0) is 69.9 Å². The molecule has 1 aliphatic rings. The summed E-state index contributed by atoms with van der Waals surface area (Å²) in [6, 6.07) is 9.39. The molecule has 106 valence electrons. The van der Waals surface area contributed by atoms with Gasteiger partial charge in [0, 0.05) is 17.1 Å². The van der Waals surface area contributed by atoms with Gasteiger partial charge in [0.05, 0.1) is 0 Å². The van der Waals surface area contributed by atoms with Crippen LogP contribution in [0.4, 0.5) is 0 Å². The highest BCUT2D eigenvalue weighted by atomic mass is 79.9. The molecule has 2 nitrogen and oxygen atoms in total. The Bertz CT molecular complexity index is 375. The summed E-state index contributed by atoms with van der Waals surface area (Å²) in [5, 5.41) is 3.32. The van der Waals surface area contributed by atoms with Crippen LogP contribution in [-0.2, 0) is 6.42 Å². The molecule has 0 aromatic heterocycles. The number of rotatable bonds is 5. The number of hydrogen-bond acceptors (Lipinski definition) is 2. The number of benzene rings is 1. The minimum atomic E-state index is 0.640. The average Bonchev–Trinajstić information content (AvgIpc) is 2.42. The van der Waals surface area contributed by atoms with Crippen molar-refractivity contribution in [3.05, 3.63) is 34.3 Å². The molecule has 1 aliphatic heterocycles. The van der Waals surface area contributed by atoms with Gasteiger partial charge >= 0.3 is 0 Å². The summed E-state index contributed by atoms with van der Waals surface area (Å²) in [7, 11) is 2.06. The van der Waals surface area contributed by atoms with E-state index in [1.165, 1.54) is 31.5 Å². The first-order chi connectivity index (χ1) is 9.19. The van der Waals surface area contributed by atoms with Gasteiger partial charge < -0.3 is 10.2 Å². The van der Waals surface area contributed by atoms with Crippen LogP contribution in [0.5, 0.6) is 0 Å². The first-order valence-electron chi connectivity index (χ1n) is 7.32. The van der Waals surface area contributed by atoms with Crippen molar-refractivity contribution in [1.29, 1.82) is 0 Å². The number of nitrogens with zero attached hydrogens (tertiary/aromatic N) is 1. The van der Waals surface area contributed by atoms with E-state index in [-0.39, 0.29) is 0 Å². The summed E-state index contributed by atoms with van der Waals surface area (Å²) in [4.78, 5) is 2.66. The highest BCUT2D eigenvalue weighted by Gasteiger charge is 2.23. The zero-order valence-electron chi connectivity index (χ0n) is 12.0. The number of piperidine rings is 1. The topological polar surface area (TPSA) is 15.3 Å². The van der Waals surface area contributed by atoms with Gasteiger partial charge in [0.1, 0.15) is 0 Å². The van der Waals surface area contributed by atoms with E-state index in [1.807, 2.05) is 0 Å². The highest BCUT2D eigenvalue weighted by Crippen LogP contribution is 2.20. The van der Waals surface area contributed by atoms with Crippen LogP contribution in [0.25, 0.3) is 0 Å². The zero-order chi connectivity index (χ0) is 13.7. The molecule has 0 saturated carbocycles. The van der Waals surface area contributed by atoms with Crippen molar-refractivity contribution in [3.63, 3.8) is 0 Å². The molecule has 1 saturated heterocycles. The average molecular weight is 325 g/mol. The number of hydrogen-bond donors (Lipinski definition) is 1. The second kappa shape index (κ2) is 7.41. The largest absolute Gasteiger partial charge is 0.319 e. The molecule has 0 aliphatic carbocycles. The maximum Gasteiger partial charge on any atom is 0.0175 e. The van der Waals surface area contributed by atoms with Gasteiger partial charge in [-0.1, -0.05) is 28.1 Å². The van der Waals surface area contributed by atoms with Crippen molar-refractivity contribution in [1.82, 2.24) is 10.2 Å². The zero-order valence-corrected chi connectivity index (χ0v) is 13.6. The lowest BCUT2D eigenvalue weighted by Crippen LogP contribution is -2.44. The maximum absolute atomic E-state index is 3.50. The lowest BCUT2D eigenvalue weighted by atomic mass is 9.95. The van der Waals surface area contributed by atoms with Gasteiger partial charge in [-0.15, -0.1) is 0 Å². The third-order valence-electron chi connectivity index (χ3n) is 4.11. The summed E-state index contributed by atoms with van der Waals surface area (Å²) in [5.41, 5.74) is 1.44.